The number of amides is 1. The molecule has 1 aromatic carbocycles. The van der Waals surface area contributed by atoms with E-state index in [9.17, 15) is 4.79 Å². The summed E-state index contributed by atoms with van der Waals surface area (Å²) in [6, 6.07) is 7.26. The molecule has 0 aliphatic heterocycles. The molecule has 1 fully saturated rings. The third-order valence-corrected chi connectivity index (χ3v) is 4.37. The predicted octanol–water partition coefficient (Wildman–Crippen LogP) is 4.19. The lowest BCUT2D eigenvalue weighted by Gasteiger charge is -2.23. The largest absolute Gasteiger partial charge is 0.479 e. The van der Waals surface area contributed by atoms with Crippen LogP contribution in [0.4, 0.5) is 0 Å². The first-order chi connectivity index (χ1) is 10.2. The Balaban J connectivity index is 1.85. The number of carbonyl (C=O) groups is 1. The van der Waals surface area contributed by atoms with Crippen molar-refractivity contribution in [1.82, 2.24) is 5.32 Å². The van der Waals surface area contributed by atoms with Crippen molar-refractivity contribution in [2.24, 2.45) is 5.92 Å². The Hall–Kier alpha value is -1.22. The van der Waals surface area contributed by atoms with E-state index < -0.39 is 6.10 Å². The van der Waals surface area contributed by atoms with E-state index in [-0.39, 0.29) is 5.91 Å². The van der Waals surface area contributed by atoms with E-state index >= 15 is 0 Å². The molecule has 0 heterocycles. The molecule has 1 aliphatic rings. The molecule has 1 atom stereocenters. The number of rotatable bonds is 6. The predicted molar refractivity (Wildman–Crippen MR) is 85.7 cm³/mol. The number of benzene rings is 1. The summed E-state index contributed by atoms with van der Waals surface area (Å²) in [4.78, 5) is 12.3. The van der Waals surface area contributed by atoms with Gasteiger partial charge in [0.15, 0.2) is 6.10 Å². The van der Waals surface area contributed by atoms with Crippen molar-refractivity contribution in [1.29, 1.82) is 0 Å². The van der Waals surface area contributed by atoms with E-state index in [0.29, 0.717) is 23.1 Å². The van der Waals surface area contributed by atoms with E-state index in [2.05, 4.69) is 5.32 Å². The van der Waals surface area contributed by atoms with Gasteiger partial charge in [-0.15, -0.1) is 0 Å². The van der Waals surface area contributed by atoms with Gasteiger partial charge in [-0.1, -0.05) is 49.9 Å². The molecule has 3 nitrogen and oxygen atoms in total. The minimum absolute atomic E-state index is 0.0389. The quantitative estimate of drug-likeness (QED) is 0.855. The molecule has 1 aromatic rings. The molecule has 0 saturated heterocycles. The lowest BCUT2D eigenvalue weighted by molar-refractivity contribution is -0.128. The number of ether oxygens (including phenoxy) is 1. The molecule has 21 heavy (non-hydrogen) atoms. The molecule has 0 spiro atoms. The second-order valence-electron chi connectivity index (χ2n) is 5.69. The molecule has 1 aliphatic carbocycles. The van der Waals surface area contributed by atoms with Crippen molar-refractivity contribution in [3.8, 4) is 5.75 Å². The minimum atomic E-state index is -0.478. The lowest BCUT2D eigenvalue weighted by Crippen LogP contribution is -2.40. The number of carbonyl (C=O) groups excluding carboxylic acids is 1. The third-order valence-electron chi connectivity index (χ3n) is 4.06. The summed E-state index contributed by atoms with van der Waals surface area (Å²) >= 11 is 6.07. The Kier molecular flexibility index (Phi) is 6.37. The van der Waals surface area contributed by atoms with Crippen molar-refractivity contribution < 1.29 is 9.53 Å². The summed E-state index contributed by atoms with van der Waals surface area (Å²) in [5.41, 5.74) is 0. The maximum absolute atomic E-state index is 12.3. The highest BCUT2D eigenvalue weighted by atomic mass is 35.5. The Morgan fingerprint density at radius 1 is 1.33 bits per heavy atom. The number of hydrogen-bond acceptors (Lipinski definition) is 2. The zero-order valence-electron chi connectivity index (χ0n) is 12.6. The van der Waals surface area contributed by atoms with Crippen LogP contribution in [0.2, 0.25) is 5.02 Å². The van der Waals surface area contributed by atoms with Gasteiger partial charge in [0, 0.05) is 6.54 Å². The van der Waals surface area contributed by atoms with Gasteiger partial charge in [-0.25, -0.2) is 0 Å². The fourth-order valence-electron chi connectivity index (χ4n) is 2.77. The van der Waals surface area contributed by atoms with Crippen LogP contribution in [0.3, 0.4) is 0 Å². The highest BCUT2D eigenvalue weighted by molar-refractivity contribution is 6.32. The molecule has 1 saturated carbocycles. The van der Waals surface area contributed by atoms with Gasteiger partial charge in [-0.2, -0.15) is 0 Å². The van der Waals surface area contributed by atoms with E-state index in [4.69, 9.17) is 16.3 Å². The van der Waals surface area contributed by atoms with Crippen LogP contribution in [0.15, 0.2) is 24.3 Å². The van der Waals surface area contributed by atoms with Crippen LogP contribution in [0, 0.1) is 5.92 Å². The molecule has 4 heteroatoms. The SMILES string of the molecule is CC[C@H](Oc1ccccc1Cl)C(=O)NCC1CCCCC1. The number of halogens is 1. The van der Waals surface area contributed by atoms with Crippen LogP contribution in [-0.2, 0) is 4.79 Å². The van der Waals surface area contributed by atoms with Gasteiger partial charge in [-0.05, 0) is 37.3 Å². The summed E-state index contributed by atoms with van der Waals surface area (Å²) in [5.74, 6) is 1.15. The van der Waals surface area contributed by atoms with Crippen LogP contribution in [-0.4, -0.2) is 18.6 Å². The van der Waals surface area contributed by atoms with Crippen molar-refractivity contribution >= 4 is 17.5 Å². The van der Waals surface area contributed by atoms with Gasteiger partial charge < -0.3 is 10.1 Å². The average Bonchev–Trinajstić information content (AvgIpc) is 2.53. The molecule has 1 amide bonds. The number of nitrogens with one attached hydrogen (secondary N) is 1. The van der Waals surface area contributed by atoms with Crippen LogP contribution in [0.1, 0.15) is 45.4 Å². The van der Waals surface area contributed by atoms with Gasteiger partial charge in [0.25, 0.3) is 5.91 Å². The Morgan fingerprint density at radius 2 is 2.05 bits per heavy atom. The van der Waals surface area contributed by atoms with Crippen LogP contribution >= 0.6 is 11.6 Å². The van der Waals surface area contributed by atoms with E-state index in [1.54, 1.807) is 12.1 Å². The maximum atomic E-state index is 12.3. The minimum Gasteiger partial charge on any atom is -0.479 e. The van der Waals surface area contributed by atoms with Crippen molar-refractivity contribution in [2.75, 3.05) is 6.54 Å². The van der Waals surface area contributed by atoms with Crippen LogP contribution in [0.5, 0.6) is 5.75 Å². The van der Waals surface area contributed by atoms with Gasteiger partial charge in [0.1, 0.15) is 5.75 Å². The fraction of sp³-hybridized carbons (Fsp3) is 0.588. The van der Waals surface area contributed by atoms with Crippen molar-refractivity contribution in [3.63, 3.8) is 0 Å². The van der Waals surface area contributed by atoms with Crippen molar-refractivity contribution in [2.45, 2.75) is 51.6 Å². The molecule has 2 rings (SSSR count). The highest BCUT2D eigenvalue weighted by Gasteiger charge is 2.21. The van der Waals surface area contributed by atoms with E-state index in [0.717, 1.165) is 6.54 Å². The first-order valence-electron chi connectivity index (χ1n) is 7.89. The molecule has 0 bridgehead atoms. The molecular weight excluding hydrogens is 286 g/mol. The van der Waals surface area contributed by atoms with Crippen molar-refractivity contribution in [3.05, 3.63) is 29.3 Å². The van der Waals surface area contributed by atoms with Gasteiger partial charge in [-0.3, -0.25) is 4.79 Å². The molecule has 0 unspecified atom stereocenters. The monoisotopic (exact) mass is 309 g/mol. The topological polar surface area (TPSA) is 38.3 Å². The normalized spacial score (nSPS) is 17.2. The summed E-state index contributed by atoms with van der Waals surface area (Å²) in [7, 11) is 0. The van der Waals surface area contributed by atoms with Crippen LogP contribution < -0.4 is 10.1 Å². The smallest absolute Gasteiger partial charge is 0.261 e. The molecule has 116 valence electrons. The van der Waals surface area contributed by atoms with Gasteiger partial charge in [0.2, 0.25) is 0 Å². The summed E-state index contributed by atoms with van der Waals surface area (Å²) in [6.45, 7) is 2.71. The zero-order valence-corrected chi connectivity index (χ0v) is 13.4. The Morgan fingerprint density at radius 3 is 2.71 bits per heavy atom. The highest BCUT2D eigenvalue weighted by Crippen LogP contribution is 2.25. The molecule has 0 radical (unpaired) electrons. The first kappa shape index (κ1) is 16.2. The summed E-state index contributed by atoms with van der Waals surface area (Å²) in [6.07, 6.45) is 6.50. The van der Waals surface area contributed by atoms with Gasteiger partial charge >= 0.3 is 0 Å². The van der Waals surface area contributed by atoms with E-state index in [1.165, 1.54) is 32.1 Å². The maximum Gasteiger partial charge on any atom is 0.261 e. The lowest BCUT2D eigenvalue weighted by atomic mass is 9.89. The average molecular weight is 310 g/mol. The summed E-state index contributed by atoms with van der Waals surface area (Å²) < 4.78 is 5.75. The Labute approximate surface area is 132 Å². The zero-order chi connectivity index (χ0) is 15.1. The number of hydrogen-bond donors (Lipinski definition) is 1. The first-order valence-corrected chi connectivity index (χ1v) is 8.27. The standard InChI is InChI=1S/C17H24ClNO2/c1-2-15(21-16-11-7-6-10-14(16)18)17(20)19-12-13-8-4-3-5-9-13/h6-7,10-11,13,15H,2-5,8-9,12H2,1H3,(H,19,20)/t15-/m0/s1. The third kappa shape index (κ3) is 4.92. The molecule has 0 aromatic heterocycles. The van der Waals surface area contributed by atoms with Crippen LogP contribution in [0.25, 0.3) is 0 Å². The van der Waals surface area contributed by atoms with Gasteiger partial charge in [0.05, 0.1) is 5.02 Å². The van der Waals surface area contributed by atoms with E-state index in [1.807, 2.05) is 19.1 Å². The molecule has 1 N–H and O–H groups in total. The fourth-order valence-corrected chi connectivity index (χ4v) is 2.95. The Bertz CT molecular complexity index is 458. The number of para-hydroxylation sites is 1. The second kappa shape index (κ2) is 8.28. The summed E-state index contributed by atoms with van der Waals surface area (Å²) in [5, 5.41) is 3.57. The second-order valence-corrected chi connectivity index (χ2v) is 6.10. The molecular formula is C17H24ClNO2.